The number of esters is 1. The molecule has 1 atom stereocenters. The largest absolute Gasteiger partial charge is 0.462 e. The fourth-order valence-electron chi connectivity index (χ4n) is 4.80. The standard InChI is InChI=1S/C29H33NO3S/c1-5-33-28(32)25-22-17-16-21(29(2,3)4)18-23(22)34-27(25)30-26(31)24(19-12-8-6-9-13-19)20-14-10-7-11-15-20/h6-15,21,24H,5,16-18H2,1-4H3,(H,30,31). The third-order valence-electron chi connectivity index (χ3n) is 6.73. The average Bonchev–Trinajstić information content (AvgIpc) is 3.17. The SMILES string of the molecule is CCOC(=O)c1c(NC(=O)C(c2ccccc2)c2ccccc2)sc2c1CCC(C(C)(C)C)C2. The number of hydrogen-bond acceptors (Lipinski definition) is 4. The molecule has 0 saturated carbocycles. The molecule has 4 nitrogen and oxygen atoms in total. The number of anilines is 1. The van der Waals surface area contributed by atoms with Gasteiger partial charge in [0.25, 0.3) is 0 Å². The van der Waals surface area contributed by atoms with Gasteiger partial charge in [-0.15, -0.1) is 11.3 Å². The molecule has 0 aliphatic heterocycles. The lowest BCUT2D eigenvalue weighted by atomic mass is 9.72. The molecule has 1 aliphatic carbocycles. The van der Waals surface area contributed by atoms with Gasteiger partial charge in [-0.2, -0.15) is 0 Å². The summed E-state index contributed by atoms with van der Waals surface area (Å²) in [6.45, 7) is 8.93. The fraction of sp³-hybridized carbons (Fsp3) is 0.379. The molecule has 0 saturated heterocycles. The maximum Gasteiger partial charge on any atom is 0.341 e. The van der Waals surface area contributed by atoms with Gasteiger partial charge >= 0.3 is 5.97 Å². The van der Waals surface area contributed by atoms with Crippen LogP contribution in [-0.4, -0.2) is 18.5 Å². The van der Waals surface area contributed by atoms with Crippen molar-refractivity contribution in [1.82, 2.24) is 0 Å². The van der Waals surface area contributed by atoms with Crippen molar-refractivity contribution in [2.75, 3.05) is 11.9 Å². The van der Waals surface area contributed by atoms with Gasteiger partial charge in [0.05, 0.1) is 18.1 Å². The lowest BCUT2D eigenvalue weighted by Gasteiger charge is -2.33. The maximum atomic E-state index is 13.7. The van der Waals surface area contributed by atoms with Crippen molar-refractivity contribution in [2.45, 2.75) is 52.9 Å². The first-order valence-corrected chi connectivity index (χ1v) is 12.8. The summed E-state index contributed by atoms with van der Waals surface area (Å²) in [5.41, 5.74) is 3.62. The van der Waals surface area contributed by atoms with E-state index in [0.29, 0.717) is 23.1 Å². The summed E-state index contributed by atoms with van der Waals surface area (Å²) in [5, 5.41) is 3.75. The molecule has 0 spiro atoms. The summed E-state index contributed by atoms with van der Waals surface area (Å²) in [7, 11) is 0. The Morgan fingerprint density at radius 1 is 1.03 bits per heavy atom. The smallest absolute Gasteiger partial charge is 0.341 e. The van der Waals surface area contributed by atoms with Crippen LogP contribution < -0.4 is 5.32 Å². The molecule has 1 N–H and O–H groups in total. The van der Waals surface area contributed by atoms with Crippen LogP contribution in [0.25, 0.3) is 0 Å². The number of hydrogen-bond donors (Lipinski definition) is 1. The predicted octanol–water partition coefficient (Wildman–Crippen LogP) is 6.85. The number of nitrogens with one attached hydrogen (secondary N) is 1. The fourth-order valence-corrected chi connectivity index (χ4v) is 6.12. The summed E-state index contributed by atoms with van der Waals surface area (Å²) in [6, 6.07) is 19.5. The number of fused-ring (bicyclic) bond motifs is 1. The van der Waals surface area contributed by atoms with E-state index in [2.05, 4.69) is 26.1 Å². The third-order valence-corrected chi connectivity index (χ3v) is 7.90. The molecule has 34 heavy (non-hydrogen) atoms. The average molecular weight is 476 g/mol. The molecular formula is C29H33NO3S. The summed E-state index contributed by atoms with van der Waals surface area (Å²) >= 11 is 1.54. The molecule has 2 aromatic carbocycles. The van der Waals surface area contributed by atoms with E-state index in [4.69, 9.17) is 4.74 Å². The monoisotopic (exact) mass is 475 g/mol. The quantitative estimate of drug-likeness (QED) is 0.397. The van der Waals surface area contributed by atoms with Gasteiger partial charge in [0.1, 0.15) is 5.00 Å². The Morgan fingerprint density at radius 3 is 2.15 bits per heavy atom. The van der Waals surface area contributed by atoms with Gasteiger partial charge in [0.2, 0.25) is 5.91 Å². The molecular weight excluding hydrogens is 442 g/mol. The molecule has 0 bridgehead atoms. The Labute approximate surface area is 206 Å². The summed E-state index contributed by atoms with van der Waals surface area (Å²) in [5.74, 6) is -0.424. The first kappa shape index (κ1) is 24.2. The van der Waals surface area contributed by atoms with Gasteiger partial charge in [-0.25, -0.2) is 4.79 Å². The number of rotatable bonds is 6. The minimum Gasteiger partial charge on any atom is -0.462 e. The van der Waals surface area contributed by atoms with E-state index < -0.39 is 5.92 Å². The number of amides is 1. The predicted molar refractivity (Wildman–Crippen MR) is 139 cm³/mol. The number of carbonyl (C=O) groups excluding carboxylic acids is 2. The van der Waals surface area contributed by atoms with Crippen LogP contribution in [0.1, 0.15) is 72.0 Å². The molecule has 1 amide bonds. The van der Waals surface area contributed by atoms with Gasteiger partial charge in [0.15, 0.2) is 0 Å². The number of thiophene rings is 1. The topological polar surface area (TPSA) is 55.4 Å². The lowest BCUT2D eigenvalue weighted by molar-refractivity contribution is -0.116. The van der Waals surface area contributed by atoms with Crippen LogP contribution in [0.2, 0.25) is 0 Å². The molecule has 1 aliphatic rings. The first-order chi connectivity index (χ1) is 16.3. The summed E-state index contributed by atoms with van der Waals surface area (Å²) in [4.78, 5) is 27.9. The van der Waals surface area contributed by atoms with Crippen LogP contribution >= 0.6 is 11.3 Å². The zero-order valence-corrected chi connectivity index (χ0v) is 21.2. The van der Waals surface area contributed by atoms with E-state index in [0.717, 1.165) is 36.0 Å². The Hall–Kier alpha value is -2.92. The molecule has 0 fully saturated rings. The second-order valence-electron chi connectivity index (χ2n) is 9.98. The summed E-state index contributed by atoms with van der Waals surface area (Å²) < 4.78 is 5.41. The van der Waals surface area contributed by atoms with Crippen LogP contribution in [0.5, 0.6) is 0 Å². The van der Waals surface area contributed by atoms with Crippen molar-refractivity contribution < 1.29 is 14.3 Å². The van der Waals surface area contributed by atoms with Crippen molar-refractivity contribution in [3.8, 4) is 0 Å². The second kappa shape index (κ2) is 10.1. The summed E-state index contributed by atoms with van der Waals surface area (Å²) in [6.07, 6.45) is 2.79. The Balaban J connectivity index is 1.71. The highest BCUT2D eigenvalue weighted by molar-refractivity contribution is 7.17. The highest BCUT2D eigenvalue weighted by atomic mass is 32.1. The van der Waals surface area contributed by atoms with Crippen molar-refractivity contribution in [3.05, 3.63) is 87.8 Å². The van der Waals surface area contributed by atoms with E-state index in [9.17, 15) is 9.59 Å². The Kier molecular flexibility index (Phi) is 7.22. The van der Waals surface area contributed by atoms with Gasteiger partial charge in [0, 0.05) is 4.88 Å². The highest BCUT2D eigenvalue weighted by Gasteiger charge is 2.35. The zero-order valence-electron chi connectivity index (χ0n) is 20.4. The minimum atomic E-state index is -0.473. The van der Waals surface area contributed by atoms with Crippen LogP contribution in [-0.2, 0) is 22.4 Å². The molecule has 4 rings (SSSR count). The highest BCUT2D eigenvalue weighted by Crippen LogP contribution is 2.45. The van der Waals surface area contributed by atoms with Gasteiger partial charge < -0.3 is 10.1 Å². The van der Waals surface area contributed by atoms with Gasteiger partial charge in [-0.1, -0.05) is 81.4 Å². The van der Waals surface area contributed by atoms with E-state index in [-0.39, 0.29) is 17.3 Å². The van der Waals surface area contributed by atoms with Crippen molar-refractivity contribution in [2.24, 2.45) is 11.3 Å². The zero-order chi connectivity index (χ0) is 24.3. The van der Waals surface area contributed by atoms with E-state index in [1.54, 1.807) is 0 Å². The molecule has 0 radical (unpaired) electrons. The molecule has 1 heterocycles. The second-order valence-corrected chi connectivity index (χ2v) is 11.1. The van der Waals surface area contributed by atoms with Crippen LogP contribution in [0.3, 0.4) is 0 Å². The van der Waals surface area contributed by atoms with Crippen molar-refractivity contribution in [1.29, 1.82) is 0 Å². The van der Waals surface area contributed by atoms with Crippen LogP contribution in [0, 0.1) is 11.3 Å². The molecule has 3 aromatic rings. The van der Waals surface area contributed by atoms with E-state index in [1.165, 1.54) is 16.2 Å². The first-order valence-electron chi connectivity index (χ1n) is 12.0. The molecule has 5 heteroatoms. The van der Waals surface area contributed by atoms with E-state index >= 15 is 0 Å². The normalized spacial score (nSPS) is 15.6. The third kappa shape index (κ3) is 5.10. The van der Waals surface area contributed by atoms with Crippen LogP contribution in [0.4, 0.5) is 5.00 Å². The lowest BCUT2D eigenvalue weighted by Crippen LogP contribution is -2.26. The molecule has 1 unspecified atom stereocenters. The van der Waals surface area contributed by atoms with Crippen molar-refractivity contribution in [3.63, 3.8) is 0 Å². The van der Waals surface area contributed by atoms with Gasteiger partial charge in [-0.3, -0.25) is 4.79 Å². The number of ether oxygens (including phenoxy) is 1. The molecule has 178 valence electrons. The Bertz CT molecular complexity index is 1110. The number of benzene rings is 2. The van der Waals surface area contributed by atoms with Gasteiger partial charge in [-0.05, 0) is 54.2 Å². The molecule has 1 aromatic heterocycles. The number of carbonyl (C=O) groups is 2. The van der Waals surface area contributed by atoms with Crippen molar-refractivity contribution >= 4 is 28.2 Å². The minimum absolute atomic E-state index is 0.145. The maximum absolute atomic E-state index is 13.7. The van der Waals surface area contributed by atoms with E-state index in [1.807, 2.05) is 67.6 Å². The Morgan fingerprint density at radius 2 is 1.62 bits per heavy atom. The van der Waals surface area contributed by atoms with Crippen LogP contribution in [0.15, 0.2) is 60.7 Å².